The SMILES string of the molecule is C=C(O[Si](C)(C)C)c1oc2ccccc2c1-c1ccccc1. The van der Waals surface area contributed by atoms with Gasteiger partial charge in [-0.05, 0) is 31.3 Å². The molecule has 2 aromatic carbocycles. The second kappa shape index (κ2) is 5.50. The quantitative estimate of drug-likeness (QED) is 0.441. The van der Waals surface area contributed by atoms with Gasteiger partial charge in [-0.25, -0.2) is 0 Å². The van der Waals surface area contributed by atoms with Crippen LogP contribution in [0.1, 0.15) is 5.76 Å². The molecule has 0 spiro atoms. The Morgan fingerprint density at radius 2 is 1.59 bits per heavy atom. The third-order valence-corrected chi connectivity index (χ3v) is 4.20. The first kappa shape index (κ1) is 14.7. The van der Waals surface area contributed by atoms with Crippen LogP contribution in [-0.2, 0) is 4.43 Å². The van der Waals surface area contributed by atoms with Crippen LogP contribution < -0.4 is 0 Å². The van der Waals surface area contributed by atoms with Crippen molar-refractivity contribution in [3.8, 4) is 11.1 Å². The number of rotatable bonds is 4. The van der Waals surface area contributed by atoms with Gasteiger partial charge in [-0.1, -0.05) is 55.1 Å². The number of para-hydroxylation sites is 1. The molecule has 0 atom stereocenters. The Labute approximate surface area is 132 Å². The molecule has 0 aliphatic heterocycles. The minimum atomic E-state index is -1.74. The van der Waals surface area contributed by atoms with Crippen molar-refractivity contribution in [1.82, 2.24) is 0 Å². The number of hydrogen-bond acceptors (Lipinski definition) is 2. The molecule has 3 heteroatoms. The maximum atomic E-state index is 6.07. The van der Waals surface area contributed by atoms with E-state index in [0.29, 0.717) is 5.76 Å². The Balaban J connectivity index is 2.20. The molecule has 3 aromatic rings. The summed E-state index contributed by atoms with van der Waals surface area (Å²) in [5.41, 5.74) is 3.03. The summed E-state index contributed by atoms with van der Waals surface area (Å²) in [4.78, 5) is 0. The fourth-order valence-corrected chi connectivity index (χ4v) is 3.38. The lowest BCUT2D eigenvalue weighted by atomic mass is 10.0. The Morgan fingerprint density at radius 1 is 0.955 bits per heavy atom. The smallest absolute Gasteiger partial charge is 0.242 e. The Morgan fingerprint density at radius 3 is 2.27 bits per heavy atom. The van der Waals surface area contributed by atoms with Gasteiger partial charge >= 0.3 is 0 Å². The summed E-state index contributed by atoms with van der Waals surface area (Å²) in [6, 6.07) is 18.3. The molecule has 0 aliphatic carbocycles. The van der Waals surface area contributed by atoms with E-state index in [4.69, 9.17) is 8.84 Å². The van der Waals surface area contributed by atoms with Crippen LogP contribution in [0.25, 0.3) is 27.9 Å². The molecular weight excluding hydrogens is 288 g/mol. The van der Waals surface area contributed by atoms with Crippen LogP contribution in [0.15, 0.2) is 65.6 Å². The summed E-state index contributed by atoms with van der Waals surface area (Å²) in [6.07, 6.45) is 0. The molecule has 0 bridgehead atoms. The van der Waals surface area contributed by atoms with E-state index in [1.807, 2.05) is 36.4 Å². The molecule has 1 heterocycles. The van der Waals surface area contributed by atoms with Crippen molar-refractivity contribution in [3.63, 3.8) is 0 Å². The van der Waals surface area contributed by atoms with Crippen LogP contribution in [0.3, 0.4) is 0 Å². The molecule has 1 aromatic heterocycles. The predicted molar refractivity (Wildman–Crippen MR) is 95.1 cm³/mol. The van der Waals surface area contributed by atoms with Crippen LogP contribution in [0.2, 0.25) is 19.6 Å². The van der Waals surface area contributed by atoms with Crippen molar-refractivity contribution in [2.75, 3.05) is 0 Å². The molecule has 2 nitrogen and oxygen atoms in total. The summed E-state index contributed by atoms with van der Waals surface area (Å²) in [6.45, 7) is 10.5. The van der Waals surface area contributed by atoms with Crippen LogP contribution >= 0.6 is 0 Å². The van der Waals surface area contributed by atoms with E-state index in [0.717, 1.165) is 27.9 Å². The molecule has 0 aliphatic rings. The lowest BCUT2D eigenvalue weighted by Gasteiger charge is -2.20. The largest absolute Gasteiger partial charge is 0.542 e. The van der Waals surface area contributed by atoms with Gasteiger partial charge in [0.2, 0.25) is 8.32 Å². The maximum Gasteiger partial charge on any atom is 0.242 e. The summed E-state index contributed by atoms with van der Waals surface area (Å²) in [5.74, 6) is 1.35. The monoisotopic (exact) mass is 308 g/mol. The van der Waals surface area contributed by atoms with Gasteiger partial charge in [0.1, 0.15) is 11.3 Å². The standard InChI is InChI=1S/C19H20O2Si/c1-14(21-22(2,3)4)19-18(15-10-6-5-7-11-15)16-12-8-9-13-17(16)20-19/h5-13H,1H2,2-4H3. The highest BCUT2D eigenvalue weighted by Gasteiger charge is 2.23. The first-order valence-electron chi connectivity index (χ1n) is 7.41. The third kappa shape index (κ3) is 2.85. The maximum absolute atomic E-state index is 6.07. The lowest BCUT2D eigenvalue weighted by molar-refractivity contribution is 0.478. The first-order valence-corrected chi connectivity index (χ1v) is 10.8. The average Bonchev–Trinajstić information content (AvgIpc) is 2.86. The van der Waals surface area contributed by atoms with E-state index in [2.05, 4.69) is 44.4 Å². The van der Waals surface area contributed by atoms with Gasteiger partial charge < -0.3 is 8.84 Å². The highest BCUT2D eigenvalue weighted by molar-refractivity contribution is 6.70. The predicted octanol–water partition coefficient (Wildman–Crippen LogP) is 5.92. The molecule has 3 rings (SSSR count). The highest BCUT2D eigenvalue weighted by Crippen LogP contribution is 2.38. The number of hydrogen-bond donors (Lipinski definition) is 0. The van der Waals surface area contributed by atoms with Crippen molar-refractivity contribution in [2.24, 2.45) is 0 Å². The number of furan rings is 1. The second-order valence-corrected chi connectivity index (χ2v) is 10.7. The number of fused-ring (bicyclic) bond motifs is 1. The molecule has 0 radical (unpaired) electrons. The molecule has 0 unspecified atom stereocenters. The average molecular weight is 308 g/mol. The Hall–Kier alpha value is -2.26. The van der Waals surface area contributed by atoms with Crippen LogP contribution in [0, 0.1) is 0 Å². The van der Waals surface area contributed by atoms with E-state index in [1.165, 1.54) is 0 Å². The van der Waals surface area contributed by atoms with Crippen LogP contribution in [0.5, 0.6) is 0 Å². The minimum absolute atomic E-state index is 0.620. The van der Waals surface area contributed by atoms with E-state index in [9.17, 15) is 0 Å². The van der Waals surface area contributed by atoms with E-state index >= 15 is 0 Å². The van der Waals surface area contributed by atoms with E-state index in [-0.39, 0.29) is 0 Å². The Kier molecular flexibility index (Phi) is 3.67. The van der Waals surface area contributed by atoms with Crippen LogP contribution in [0.4, 0.5) is 0 Å². The molecule has 112 valence electrons. The molecule has 0 amide bonds. The van der Waals surface area contributed by atoms with Crippen molar-refractivity contribution >= 4 is 25.0 Å². The number of benzene rings is 2. The fourth-order valence-electron chi connectivity index (χ4n) is 2.55. The molecule has 0 saturated carbocycles. The summed E-state index contributed by atoms with van der Waals surface area (Å²) < 4.78 is 12.1. The zero-order valence-electron chi connectivity index (χ0n) is 13.2. The van der Waals surface area contributed by atoms with Gasteiger partial charge in [0.25, 0.3) is 0 Å². The summed E-state index contributed by atoms with van der Waals surface area (Å²) in [7, 11) is -1.74. The van der Waals surface area contributed by atoms with E-state index < -0.39 is 8.32 Å². The van der Waals surface area contributed by atoms with Crippen molar-refractivity contribution in [2.45, 2.75) is 19.6 Å². The van der Waals surface area contributed by atoms with Gasteiger partial charge in [-0.3, -0.25) is 0 Å². The van der Waals surface area contributed by atoms with Crippen molar-refractivity contribution < 1.29 is 8.84 Å². The van der Waals surface area contributed by atoms with Gasteiger partial charge in [0.05, 0.1) is 0 Å². The zero-order valence-corrected chi connectivity index (χ0v) is 14.2. The Bertz CT molecular complexity index is 810. The lowest BCUT2D eigenvalue weighted by Crippen LogP contribution is -2.24. The highest BCUT2D eigenvalue weighted by atomic mass is 28.4. The summed E-state index contributed by atoms with van der Waals surface area (Å²) in [5, 5.41) is 1.09. The molecule has 22 heavy (non-hydrogen) atoms. The van der Waals surface area contributed by atoms with Gasteiger partial charge in [-0.15, -0.1) is 0 Å². The van der Waals surface area contributed by atoms with E-state index in [1.54, 1.807) is 0 Å². The second-order valence-electron chi connectivity index (χ2n) is 6.31. The van der Waals surface area contributed by atoms with Crippen molar-refractivity contribution in [1.29, 1.82) is 0 Å². The minimum Gasteiger partial charge on any atom is -0.542 e. The normalized spacial score (nSPS) is 11.6. The molecule has 0 fully saturated rings. The topological polar surface area (TPSA) is 22.4 Å². The third-order valence-electron chi connectivity index (χ3n) is 3.34. The molecule has 0 N–H and O–H groups in total. The van der Waals surface area contributed by atoms with Crippen LogP contribution in [-0.4, -0.2) is 8.32 Å². The molecule has 0 saturated heterocycles. The summed E-state index contributed by atoms with van der Waals surface area (Å²) >= 11 is 0. The fraction of sp³-hybridized carbons (Fsp3) is 0.158. The van der Waals surface area contributed by atoms with Gasteiger partial charge in [0, 0.05) is 10.9 Å². The molecular formula is C19H20O2Si. The van der Waals surface area contributed by atoms with Gasteiger partial charge in [0.15, 0.2) is 5.76 Å². The van der Waals surface area contributed by atoms with Crippen molar-refractivity contribution in [3.05, 3.63) is 66.9 Å². The zero-order chi connectivity index (χ0) is 15.7. The first-order chi connectivity index (χ1) is 10.5. The van der Waals surface area contributed by atoms with Gasteiger partial charge in [-0.2, -0.15) is 0 Å².